The number of hydrogen-bond acceptors (Lipinski definition) is 8. The van der Waals surface area contributed by atoms with Crippen LogP contribution in [0.2, 0.25) is 0 Å². The number of benzene rings is 2. The van der Waals surface area contributed by atoms with Crippen molar-refractivity contribution < 1.29 is 34.1 Å². The van der Waals surface area contributed by atoms with Gasteiger partial charge in [0, 0.05) is 18.7 Å². The van der Waals surface area contributed by atoms with E-state index >= 15 is 0 Å². The van der Waals surface area contributed by atoms with Gasteiger partial charge in [-0.25, -0.2) is 4.79 Å². The average molecular weight is 512 g/mol. The van der Waals surface area contributed by atoms with E-state index in [9.17, 15) is 29.4 Å². The molecule has 36 heavy (non-hydrogen) atoms. The molecule has 0 saturated heterocycles. The van der Waals surface area contributed by atoms with Crippen molar-refractivity contribution >= 4 is 35.0 Å². The second kappa shape index (κ2) is 11.8. The summed E-state index contributed by atoms with van der Waals surface area (Å²) in [6.07, 6.45) is 0. The fourth-order valence-corrected chi connectivity index (χ4v) is 4.25. The van der Waals surface area contributed by atoms with E-state index in [1.807, 2.05) is 0 Å². The van der Waals surface area contributed by atoms with Gasteiger partial charge in [0.1, 0.15) is 17.5 Å². The third-order valence-electron chi connectivity index (χ3n) is 5.08. The molecule has 188 valence electrons. The van der Waals surface area contributed by atoms with Crippen LogP contribution in [0.4, 0.5) is 0 Å². The Balaban J connectivity index is 1.64. The van der Waals surface area contributed by atoms with Gasteiger partial charge < -0.3 is 30.9 Å². The van der Waals surface area contributed by atoms with E-state index in [2.05, 4.69) is 16.0 Å². The van der Waals surface area contributed by atoms with Crippen LogP contribution in [0, 0.1) is 6.92 Å². The highest BCUT2D eigenvalue weighted by molar-refractivity contribution is 7.16. The molecular formula is C25H25N3O7S. The lowest BCUT2D eigenvalue weighted by Gasteiger charge is -2.17. The third-order valence-corrected chi connectivity index (χ3v) is 6.31. The number of rotatable bonds is 9. The summed E-state index contributed by atoms with van der Waals surface area (Å²) in [4.78, 5) is 50.5. The Morgan fingerprint density at radius 1 is 0.917 bits per heavy atom. The zero-order valence-electron chi connectivity index (χ0n) is 19.5. The van der Waals surface area contributed by atoms with Gasteiger partial charge in [0.15, 0.2) is 0 Å². The van der Waals surface area contributed by atoms with E-state index in [4.69, 9.17) is 4.74 Å². The molecule has 1 heterocycles. The molecule has 11 heteroatoms. The third kappa shape index (κ3) is 6.83. The summed E-state index contributed by atoms with van der Waals surface area (Å²) in [5.41, 5.74) is 1.43. The van der Waals surface area contributed by atoms with Crippen LogP contribution < -0.4 is 16.0 Å². The first-order chi connectivity index (χ1) is 17.2. The first-order valence-corrected chi connectivity index (χ1v) is 11.6. The maximum atomic E-state index is 12.9. The number of hydrogen-bond donors (Lipinski definition) is 5. The van der Waals surface area contributed by atoms with Crippen molar-refractivity contribution in [3.63, 3.8) is 0 Å². The number of carbonyl (C=O) groups excluding carboxylic acids is 4. The lowest BCUT2D eigenvalue weighted by molar-refractivity contribution is -0.142. The van der Waals surface area contributed by atoms with Gasteiger partial charge in [-0.15, -0.1) is 11.3 Å². The van der Waals surface area contributed by atoms with Crippen LogP contribution in [0.25, 0.3) is 0 Å². The van der Waals surface area contributed by atoms with Crippen molar-refractivity contribution in [3.8, 4) is 11.5 Å². The van der Waals surface area contributed by atoms with Crippen LogP contribution >= 0.6 is 11.3 Å². The van der Waals surface area contributed by atoms with Crippen LogP contribution in [-0.4, -0.2) is 53.6 Å². The highest BCUT2D eigenvalue weighted by Crippen LogP contribution is 2.22. The summed E-state index contributed by atoms with van der Waals surface area (Å²) < 4.78 is 4.74. The number of ether oxygens (including phenoxy) is 1. The quantitative estimate of drug-likeness (QED) is 0.276. The molecule has 3 amide bonds. The van der Waals surface area contributed by atoms with Gasteiger partial charge in [-0.3, -0.25) is 14.4 Å². The monoisotopic (exact) mass is 511 g/mol. The van der Waals surface area contributed by atoms with E-state index in [-0.39, 0.29) is 35.0 Å². The molecule has 10 nitrogen and oxygen atoms in total. The molecule has 3 rings (SSSR count). The molecule has 0 spiro atoms. The lowest BCUT2D eigenvalue weighted by atomic mass is 10.2. The summed E-state index contributed by atoms with van der Waals surface area (Å²) in [6.45, 7) is 1.60. The predicted octanol–water partition coefficient (Wildman–Crippen LogP) is 2.10. The Kier molecular flexibility index (Phi) is 8.63. The van der Waals surface area contributed by atoms with Crippen molar-refractivity contribution in [3.05, 3.63) is 81.0 Å². The van der Waals surface area contributed by atoms with Crippen molar-refractivity contribution in [2.45, 2.75) is 19.5 Å². The summed E-state index contributed by atoms with van der Waals surface area (Å²) in [7, 11) is 1.16. The second-order valence-corrected chi connectivity index (χ2v) is 8.84. The molecule has 1 atom stereocenters. The van der Waals surface area contributed by atoms with E-state index < -0.39 is 29.7 Å². The van der Waals surface area contributed by atoms with Crippen molar-refractivity contribution in [1.29, 1.82) is 0 Å². The molecule has 0 aliphatic heterocycles. The van der Waals surface area contributed by atoms with E-state index in [0.717, 1.165) is 18.4 Å². The number of amides is 3. The number of methoxy groups -OCH3 is 1. The zero-order chi connectivity index (χ0) is 26.2. The number of phenolic OH excluding ortho intramolecular Hbond substituents is 2. The Bertz CT molecular complexity index is 1290. The highest BCUT2D eigenvalue weighted by atomic mass is 32.1. The van der Waals surface area contributed by atoms with Gasteiger partial charge in [0.2, 0.25) is 0 Å². The Morgan fingerprint density at radius 2 is 1.61 bits per heavy atom. The number of thiophene rings is 1. The van der Waals surface area contributed by atoms with E-state index in [1.165, 1.54) is 36.4 Å². The molecule has 1 aromatic heterocycles. The summed E-state index contributed by atoms with van der Waals surface area (Å²) in [5, 5.41) is 26.9. The van der Waals surface area contributed by atoms with Gasteiger partial charge in [-0.2, -0.15) is 0 Å². The fraction of sp³-hybridized carbons (Fsp3) is 0.200. The van der Waals surface area contributed by atoms with Gasteiger partial charge in [-0.05, 0) is 54.4 Å². The first kappa shape index (κ1) is 26.2. The number of carbonyl (C=O) groups is 4. The summed E-state index contributed by atoms with van der Waals surface area (Å²) >= 11 is 0.957. The maximum Gasteiger partial charge on any atom is 0.330 e. The molecule has 0 unspecified atom stereocenters. The molecule has 2 aromatic carbocycles. The van der Waals surface area contributed by atoms with Gasteiger partial charge >= 0.3 is 5.97 Å². The predicted molar refractivity (Wildman–Crippen MR) is 132 cm³/mol. The molecule has 0 bridgehead atoms. The van der Waals surface area contributed by atoms with Crippen LogP contribution in [0.3, 0.4) is 0 Å². The minimum Gasteiger partial charge on any atom is -0.508 e. The molecular weight excluding hydrogens is 486 g/mol. The molecule has 0 fully saturated rings. The Hall–Kier alpha value is -4.38. The standard InChI is InChI=1S/C25H25N3O7S/c1-14-9-20(23(32)26-12-15-5-3-7-17(29)10-15)36-21(14)24(33)28-19(25(34)35-2)13-27-22(31)16-6-4-8-18(30)11-16/h3-11,19,29-30H,12-13H2,1-2H3,(H,26,32)(H,27,31)(H,28,33)/t19-/m0/s1. The molecule has 0 radical (unpaired) electrons. The van der Waals surface area contributed by atoms with Crippen molar-refractivity contribution in [2.24, 2.45) is 0 Å². The smallest absolute Gasteiger partial charge is 0.330 e. The molecule has 3 aromatic rings. The Morgan fingerprint density at radius 3 is 2.28 bits per heavy atom. The number of aryl methyl sites for hydroxylation is 1. The van der Waals surface area contributed by atoms with Crippen LogP contribution in [0.1, 0.15) is 40.8 Å². The Labute approximate surface area is 210 Å². The number of phenols is 2. The normalized spacial score (nSPS) is 11.3. The fourth-order valence-electron chi connectivity index (χ4n) is 3.26. The number of esters is 1. The summed E-state index contributed by atoms with van der Waals surface area (Å²) in [5.74, 6) is -2.31. The minimum atomic E-state index is -1.19. The number of aromatic hydroxyl groups is 2. The van der Waals surface area contributed by atoms with Gasteiger partial charge in [-0.1, -0.05) is 18.2 Å². The van der Waals surface area contributed by atoms with Gasteiger partial charge in [0.05, 0.1) is 16.9 Å². The van der Waals surface area contributed by atoms with Crippen molar-refractivity contribution in [2.75, 3.05) is 13.7 Å². The van der Waals surface area contributed by atoms with E-state index in [1.54, 1.807) is 25.1 Å². The molecule has 0 aliphatic rings. The maximum absolute atomic E-state index is 12.9. The van der Waals surface area contributed by atoms with Gasteiger partial charge in [0.25, 0.3) is 17.7 Å². The average Bonchev–Trinajstić information content (AvgIpc) is 3.26. The molecule has 0 aliphatic carbocycles. The zero-order valence-corrected chi connectivity index (χ0v) is 20.3. The minimum absolute atomic E-state index is 0.0876. The first-order valence-electron chi connectivity index (χ1n) is 10.8. The topological polar surface area (TPSA) is 154 Å². The largest absolute Gasteiger partial charge is 0.508 e. The highest BCUT2D eigenvalue weighted by Gasteiger charge is 2.25. The van der Waals surface area contributed by atoms with E-state index in [0.29, 0.717) is 16.0 Å². The van der Waals surface area contributed by atoms with Crippen LogP contribution in [0.5, 0.6) is 11.5 Å². The summed E-state index contributed by atoms with van der Waals surface area (Å²) in [6, 6.07) is 12.5. The number of nitrogens with one attached hydrogen (secondary N) is 3. The lowest BCUT2D eigenvalue weighted by Crippen LogP contribution is -2.48. The van der Waals surface area contributed by atoms with Crippen LogP contribution in [-0.2, 0) is 16.1 Å². The SMILES string of the molecule is COC(=O)[C@H](CNC(=O)c1cccc(O)c1)NC(=O)c1sc(C(=O)NCc2cccc(O)c2)cc1C. The molecule has 5 N–H and O–H groups in total. The molecule has 0 saturated carbocycles. The van der Waals surface area contributed by atoms with Crippen molar-refractivity contribution in [1.82, 2.24) is 16.0 Å². The van der Waals surface area contributed by atoms with Crippen LogP contribution in [0.15, 0.2) is 54.6 Å². The second-order valence-electron chi connectivity index (χ2n) is 7.78.